The first-order valence-corrected chi connectivity index (χ1v) is 7.44. The average Bonchev–Trinajstić information content (AvgIpc) is 2.66. The van der Waals surface area contributed by atoms with Gasteiger partial charge in [0, 0.05) is 12.2 Å². The Balaban J connectivity index is 1.86. The van der Waals surface area contributed by atoms with Crippen LogP contribution in [0, 0.1) is 0 Å². The fourth-order valence-electron chi connectivity index (χ4n) is 2.00. The van der Waals surface area contributed by atoms with Crippen molar-refractivity contribution in [2.24, 2.45) is 0 Å². The molecule has 0 aromatic heterocycles. The van der Waals surface area contributed by atoms with Gasteiger partial charge >= 0.3 is 17.8 Å². The molecular weight excluding hydrogens is 324 g/mol. The molecule has 2 amide bonds. The molecule has 7 nitrogen and oxygen atoms in total. The van der Waals surface area contributed by atoms with E-state index >= 15 is 0 Å². The maximum absolute atomic E-state index is 11.9. The first-order valence-electron chi connectivity index (χ1n) is 7.44. The lowest BCUT2D eigenvalue weighted by molar-refractivity contribution is -0.136. The summed E-state index contributed by atoms with van der Waals surface area (Å²) in [5.74, 6) is -1.31. The van der Waals surface area contributed by atoms with Crippen LogP contribution in [0.4, 0.5) is 5.69 Å². The number of carbonyl (C=O) groups is 3. The molecule has 2 aromatic carbocycles. The van der Waals surface area contributed by atoms with Crippen molar-refractivity contribution in [3.8, 4) is 5.75 Å². The minimum atomic E-state index is -0.767. The Kier molecular flexibility index (Phi) is 6.11. The maximum Gasteiger partial charge on any atom is 0.337 e. The van der Waals surface area contributed by atoms with E-state index in [-0.39, 0.29) is 6.54 Å². The summed E-state index contributed by atoms with van der Waals surface area (Å²) in [4.78, 5) is 35.0. The fourth-order valence-corrected chi connectivity index (χ4v) is 2.00. The van der Waals surface area contributed by atoms with E-state index < -0.39 is 17.8 Å². The lowest BCUT2D eigenvalue weighted by atomic mass is 10.1. The Labute approximate surface area is 144 Å². The number of ether oxygens (including phenoxy) is 2. The number of anilines is 1. The predicted octanol–water partition coefficient (Wildman–Crippen LogP) is 1.74. The van der Waals surface area contributed by atoms with Gasteiger partial charge in [0.05, 0.1) is 19.8 Å². The third-order valence-corrected chi connectivity index (χ3v) is 3.38. The zero-order chi connectivity index (χ0) is 18.2. The van der Waals surface area contributed by atoms with Crippen LogP contribution in [0.5, 0.6) is 5.75 Å². The van der Waals surface area contributed by atoms with Gasteiger partial charge in [0.1, 0.15) is 5.75 Å². The van der Waals surface area contributed by atoms with Gasteiger partial charge in [0.15, 0.2) is 0 Å². The Hall–Kier alpha value is -3.35. The molecule has 0 aliphatic carbocycles. The maximum atomic E-state index is 11.9. The number of amides is 2. The molecule has 130 valence electrons. The second-order valence-corrected chi connectivity index (χ2v) is 5.05. The van der Waals surface area contributed by atoms with Crippen LogP contribution in [-0.2, 0) is 20.9 Å². The van der Waals surface area contributed by atoms with Gasteiger partial charge in [-0.05, 0) is 42.0 Å². The number of hydrogen-bond donors (Lipinski definition) is 2. The lowest BCUT2D eigenvalue weighted by Gasteiger charge is -2.08. The van der Waals surface area contributed by atoms with Crippen LogP contribution >= 0.6 is 0 Å². The Morgan fingerprint density at radius 2 is 1.52 bits per heavy atom. The predicted molar refractivity (Wildman–Crippen MR) is 91.3 cm³/mol. The van der Waals surface area contributed by atoms with Crippen molar-refractivity contribution < 1.29 is 23.9 Å². The fraction of sp³-hybridized carbons (Fsp3) is 0.167. The van der Waals surface area contributed by atoms with Gasteiger partial charge < -0.3 is 20.1 Å². The summed E-state index contributed by atoms with van der Waals surface area (Å²) in [7, 11) is 2.84. The third-order valence-electron chi connectivity index (χ3n) is 3.38. The van der Waals surface area contributed by atoms with Gasteiger partial charge in [-0.25, -0.2) is 4.79 Å². The molecular formula is C18H18N2O5. The molecule has 0 heterocycles. The Morgan fingerprint density at radius 1 is 0.880 bits per heavy atom. The molecule has 0 fully saturated rings. The van der Waals surface area contributed by atoms with E-state index in [0.717, 1.165) is 5.56 Å². The quantitative estimate of drug-likeness (QED) is 0.638. The van der Waals surface area contributed by atoms with Gasteiger partial charge in [-0.3, -0.25) is 9.59 Å². The van der Waals surface area contributed by atoms with E-state index in [4.69, 9.17) is 4.74 Å². The molecule has 0 aliphatic rings. The summed E-state index contributed by atoms with van der Waals surface area (Å²) in [5, 5.41) is 5.01. The van der Waals surface area contributed by atoms with Crippen LogP contribution in [-0.4, -0.2) is 32.0 Å². The third kappa shape index (κ3) is 5.07. The largest absolute Gasteiger partial charge is 0.497 e. The number of hydrogen-bond acceptors (Lipinski definition) is 5. The molecule has 2 rings (SSSR count). The molecule has 0 unspecified atom stereocenters. The molecule has 7 heteroatoms. The van der Waals surface area contributed by atoms with Crippen LogP contribution in [0.3, 0.4) is 0 Å². The molecule has 0 spiro atoms. The zero-order valence-electron chi connectivity index (χ0n) is 13.9. The average molecular weight is 342 g/mol. The molecule has 0 bridgehead atoms. The van der Waals surface area contributed by atoms with Crippen LogP contribution in [0.25, 0.3) is 0 Å². The van der Waals surface area contributed by atoms with Crippen molar-refractivity contribution in [1.82, 2.24) is 5.32 Å². The number of methoxy groups -OCH3 is 2. The number of benzene rings is 2. The second-order valence-electron chi connectivity index (χ2n) is 5.05. The van der Waals surface area contributed by atoms with Crippen molar-refractivity contribution in [3.63, 3.8) is 0 Å². The van der Waals surface area contributed by atoms with Crippen molar-refractivity contribution in [2.45, 2.75) is 6.54 Å². The summed E-state index contributed by atoms with van der Waals surface area (Å²) in [6.45, 7) is 0.163. The second kappa shape index (κ2) is 8.49. The molecule has 0 radical (unpaired) electrons. The Morgan fingerprint density at radius 3 is 2.08 bits per heavy atom. The van der Waals surface area contributed by atoms with Crippen molar-refractivity contribution in [3.05, 3.63) is 59.7 Å². The minimum absolute atomic E-state index is 0.163. The summed E-state index contributed by atoms with van der Waals surface area (Å²) in [5.41, 5.74) is 1.65. The van der Waals surface area contributed by atoms with E-state index in [1.165, 1.54) is 7.11 Å². The summed E-state index contributed by atoms with van der Waals surface area (Å²) < 4.78 is 9.63. The van der Waals surface area contributed by atoms with Crippen LogP contribution in [0.15, 0.2) is 48.5 Å². The smallest absolute Gasteiger partial charge is 0.337 e. The number of esters is 1. The van der Waals surface area contributed by atoms with Gasteiger partial charge in [0.2, 0.25) is 0 Å². The highest BCUT2D eigenvalue weighted by Gasteiger charge is 2.13. The summed E-state index contributed by atoms with van der Waals surface area (Å²) >= 11 is 0. The number of nitrogens with one attached hydrogen (secondary N) is 2. The molecule has 25 heavy (non-hydrogen) atoms. The first-order chi connectivity index (χ1) is 12.0. The van der Waals surface area contributed by atoms with Crippen LogP contribution < -0.4 is 15.4 Å². The van der Waals surface area contributed by atoms with Gasteiger partial charge in [-0.2, -0.15) is 0 Å². The molecule has 0 atom stereocenters. The molecule has 0 saturated heterocycles. The number of carbonyl (C=O) groups excluding carboxylic acids is 3. The lowest BCUT2D eigenvalue weighted by Crippen LogP contribution is -2.34. The molecule has 0 aliphatic heterocycles. The van der Waals surface area contributed by atoms with Gasteiger partial charge in [-0.15, -0.1) is 0 Å². The molecule has 2 N–H and O–H groups in total. The SMILES string of the molecule is COC(=O)c1ccc(CNC(=O)C(=O)Nc2ccc(OC)cc2)cc1. The van der Waals surface area contributed by atoms with Gasteiger partial charge in [-0.1, -0.05) is 12.1 Å². The normalized spacial score (nSPS) is 9.84. The minimum Gasteiger partial charge on any atom is -0.497 e. The molecule has 0 saturated carbocycles. The zero-order valence-corrected chi connectivity index (χ0v) is 13.9. The molecule has 2 aromatic rings. The number of rotatable bonds is 5. The van der Waals surface area contributed by atoms with Crippen molar-refractivity contribution in [2.75, 3.05) is 19.5 Å². The van der Waals surface area contributed by atoms with E-state index in [1.807, 2.05) is 0 Å². The topological polar surface area (TPSA) is 93.7 Å². The van der Waals surface area contributed by atoms with Crippen LogP contribution in [0.1, 0.15) is 15.9 Å². The summed E-state index contributed by atoms with van der Waals surface area (Å²) in [6, 6.07) is 13.1. The van der Waals surface area contributed by atoms with E-state index in [9.17, 15) is 14.4 Å². The van der Waals surface area contributed by atoms with Crippen molar-refractivity contribution >= 4 is 23.5 Å². The van der Waals surface area contributed by atoms with E-state index in [1.54, 1.807) is 55.6 Å². The van der Waals surface area contributed by atoms with Crippen LogP contribution in [0.2, 0.25) is 0 Å². The highest BCUT2D eigenvalue weighted by Crippen LogP contribution is 2.14. The monoisotopic (exact) mass is 342 g/mol. The Bertz CT molecular complexity index is 754. The highest BCUT2D eigenvalue weighted by molar-refractivity contribution is 6.39. The summed E-state index contributed by atoms with van der Waals surface area (Å²) in [6.07, 6.45) is 0. The van der Waals surface area contributed by atoms with E-state index in [0.29, 0.717) is 17.0 Å². The standard InChI is InChI=1S/C18H18N2O5/c1-24-15-9-7-14(8-10-15)20-17(22)16(21)19-11-12-3-5-13(6-4-12)18(23)25-2/h3-10H,11H2,1-2H3,(H,19,21)(H,20,22). The van der Waals surface area contributed by atoms with Crippen molar-refractivity contribution in [1.29, 1.82) is 0 Å². The first kappa shape index (κ1) is 18.0. The van der Waals surface area contributed by atoms with E-state index in [2.05, 4.69) is 15.4 Å². The highest BCUT2D eigenvalue weighted by atomic mass is 16.5. The van der Waals surface area contributed by atoms with Gasteiger partial charge in [0.25, 0.3) is 0 Å².